The molecule has 3 atom stereocenters. The van der Waals surface area contributed by atoms with Gasteiger partial charge in [0.1, 0.15) is 24.5 Å². The molecule has 1 unspecified atom stereocenters. The van der Waals surface area contributed by atoms with Crippen molar-refractivity contribution >= 4 is 34.8 Å². The van der Waals surface area contributed by atoms with Crippen LogP contribution in [0.15, 0.2) is 30.9 Å². The average Bonchev–Trinajstić information content (AvgIpc) is 3.08. The Labute approximate surface area is 143 Å². The predicted molar refractivity (Wildman–Crippen MR) is 86.4 cm³/mol. The Morgan fingerprint density at radius 3 is 2.82 bits per heavy atom. The van der Waals surface area contributed by atoms with Gasteiger partial charge < -0.3 is 4.74 Å². The molecule has 8 heteroatoms. The molecule has 2 heterocycles. The highest BCUT2D eigenvalue weighted by Crippen LogP contribution is 2.41. The molecule has 22 heavy (non-hydrogen) atoms. The molecule has 0 spiro atoms. The normalized spacial score (nSPS) is 28.2. The number of rotatable bonds is 4. The maximum atomic E-state index is 6.42. The second kappa shape index (κ2) is 6.34. The van der Waals surface area contributed by atoms with Crippen molar-refractivity contribution in [1.29, 1.82) is 0 Å². The molecule has 118 valence electrons. The standard InChI is InChI=1S/C14H15Cl3N4O/c1-9-14(22-13(5-15)20-9,6-21-8-18-7-19-21)11-3-2-10(16)4-12(11)17/h2-4,7-9,13,20H,5-6H2,1H3/t9-,13?,14-/m1/s1. The van der Waals surface area contributed by atoms with Crippen LogP contribution in [0.1, 0.15) is 12.5 Å². The number of nitrogens with zero attached hydrogens (tertiary/aromatic N) is 3. The van der Waals surface area contributed by atoms with Crippen LogP contribution in [0.25, 0.3) is 0 Å². The lowest BCUT2D eigenvalue weighted by Gasteiger charge is -2.33. The Balaban J connectivity index is 2.06. The van der Waals surface area contributed by atoms with Crippen LogP contribution in [-0.2, 0) is 16.9 Å². The topological polar surface area (TPSA) is 52.0 Å². The van der Waals surface area contributed by atoms with E-state index in [1.807, 2.05) is 13.0 Å². The third kappa shape index (κ3) is 2.84. The largest absolute Gasteiger partial charge is 0.347 e. The second-order valence-electron chi connectivity index (χ2n) is 5.26. The van der Waals surface area contributed by atoms with E-state index in [0.29, 0.717) is 22.5 Å². The molecule has 0 radical (unpaired) electrons. The molecular formula is C14H15Cl3N4O. The summed E-state index contributed by atoms with van der Waals surface area (Å²) in [7, 11) is 0. The molecule has 1 saturated heterocycles. The van der Waals surface area contributed by atoms with Gasteiger partial charge in [0.05, 0.1) is 12.4 Å². The van der Waals surface area contributed by atoms with Crippen LogP contribution >= 0.6 is 34.8 Å². The molecule has 0 aliphatic carbocycles. The fraction of sp³-hybridized carbons (Fsp3) is 0.429. The van der Waals surface area contributed by atoms with Crippen LogP contribution in [0.2, 0.25) is 10.0 Å². The Kier molecular flexibility index (Phi) is 4.61. The summed E-state index contributed by atoms with van der Waals surface area (Å²) in [5, 5.41) is 8.65. The highest BCUT2D eigenvalue weighted by molar-refractivity contribution is 6.35. The van der Waals surface area contributed by atoms with Crippen molar-refractivity contribution in [2.75, 3.05) is 5.88 Å². The van der Waals surface area contributed by atoms with E-state index in [1.54, 1.807) is 23.1 Å². The molecule has 1 aromatic carbocycles. The molecule has 0 saturated carbocycles. The number of alkyl halides is 1. The minimum absolute atomic E-state index is 0.0147. The van der Waals surface area contributed by atoms with Crippen LogP contribution in [0.3, 0.4) is 0 Å². The highest BCUT2D eigenvalue weighted by Gasteiger charge is 2.48. The number of hydrogen-bond acceptors (Lipinski definition) is 4. The molecular weight excluding hydrogens is 347 g/mol. The lowest BCUT2D eigenvalue weighted by Crippen LogP contribution is -2.43. The lowest BCUT2D eigenvalue weighted by atomic mass is 9.87. The zero-order valence-electron chi connectivity index (χ0n) is 11.8. The van der Waals surface area contributed by atoms with Crippen molar-refractivity contribution in [3.8, 4) is 0 Å². The molecule has 0 amide bonds. The van der Waals surface area contributed by atoms with Gasteiger partial charge in [-0.3, -0.25) is 5.32 Å². The molecule has 5 nitrogen and oxygen atoms in total. The van der Waals surface area contributed by atoms with Gasteiger partial charge in [-0.25, -0.2) is 9.67 Å². The van der Waals surface area contributed by atoms with Crippen molar-refractivity contribution in [3.05, 3.63) is 46.5 Å². The van der Waals surface area contributed by atoms with Gasteiger partial charge in [-0.05, 0) is 19.1 Å². The number of ether oxygens (including phenoxy) is 1. The first-order valence-electron chi connectivity index (χ1n) is 6.83. The van der Waals surface area contributed by atoms with Crippen LogP contribution in [0.5, 0.6) is 0 Å². The van der Waals surface area contributed by atoms with E-state index in [1.165, 1.54) is 6.33 Å². The van der Waals surface area contributed by atoms with Gasteiger partial charge in [-0.2, -0.15) is 5.10 Å². The molecule has 1 aliphatic rings. The number of aromatic nitrogens is 3. The van der Waals surface area contributed by atoms with Crippen molar-refractivity contribution in [2.24, 2.45) is 0 Å². The van der Waals surface area contributed by atoms with E-state index in [0.717, 1.165) is 5.56 Å². The fourth-order valence-electron chi connectivity index (χ4n) is 2.82. The highest BCUT2D eigenvalue weighted by atomic mass is 35.5. The van der Waals surface area contributed by atoms with Gasteiger partial charge in [-0.1, -0.05) is 29.3 Å². The summed E-state index contributed by atoms with van der Waals surface area (Å²) >= 11 is 18.4. The maximum absolute atomic E-state index is 6.42. The van der Waals surface area contributed by atoms with Gasteiger partial charge in [0.25, 0.3) is 0 Å². The van der Waals surface area contributed by atoms with Gasteiger partial charge in [0.2, 0.25) is 0 Å². The summed E-state index contributed by atoms with van der Waals surface area (Å²) in [5.74, 6) is 0.342. The van der Waals surface area contributed by atoms with Crippen LogP contribution in [0.4, 0.5) is 0 Å². The summed E-state index contributed by atoms with van der Waals surface area (Å²) in [6.45, 7) is 2.50. The number of nitrogens with one attached hydrogen (secondary N) is 1. The summed E-state index contributed by atoms with van der Waals surface area (Å²) in [4.78, 5) is 3.99. The van der Waals surface area contributed by atoms with Gasteiger partial charge in [-0.15, -0.1) is 11.6 Å². The van der Waals surface area contributed by atoms with Gasteiger partial charge in [0.15, 0.2) is 0 Å². The Bertz CT molecular complexity index is 652. The Morgan fingerprint density at radius 1 is 1.41 bits per heavy atom. The van der Waals surface area contributed by atoms with E-state index >= 15 is 0 Å². The van der Waals surface area contributed by atoms with Gasteiger partial charge in [0, 0.05) is 21.7 Å². The minimum Gasteiger partial charge on any atom is -0.347 e. The number of hydrogen-bond donors (Lipinski definition) is 1. The first kappa shape index (κ1) is 16.0. The SMILES string of the molecule is C[C@H]1NC(CCl)O[C@@]1(Cn1cncn1)c1ccc(Cl)cc1Cl. The molecule has 1 fully saturated rings. The third-order valence-electron chi connectivity index (χ3n) is 3.88. The molecule has 1 aromatic heterocycles. The first-order chi connectivity index (χ1) is 10.5. The van der Waals surface area contributed by atoms with E-state index in [9.17, 15) is 0 Å². The Hall–Kier alpha value is -0.850. The van der Waals surface area contributed by atoms with E-state index in [4.69, 9.17) is 39.5 Å². The quantitative estimate of drug-likeness (QED) is 0.850. The molecule has 0 bridgehead atoms. The molecule has 2 aromatic rings. The van der Waals surface area contributed by atoms with Crippen molar-refractivity contribution in [1.82, 2.24) is 20.1 Å². The smallest absolute Gasteiger partial charge is 0.137 e. The minimum atomic E-state index is -0.699. The zero-order valence-corrected chi connectivity index (χ0v) is 14.1. The molecule has 1 N–H and O–H groups in total. The zero-order chi connectivity index (χ0) is 15.7. The summed E-state index contributed by atoms with van der Waals surface area (Å²) in [5.41, 5.74) is 0.149. The van der Waals surface area contributed by atoms with Crippen LogP contribution < -0.4 is 5.32 Å². The van der Waals surface area contributed by atoms with E-state index in [2.05, 4.69) is 15.4 Å². The number of halogens is 3. The monoisotopic (exact) mass is 360 g/mol. The second-order valence-corrected chi connectivity index (χ2v) is 6.41. The predicted octanol–water partition coefficient (Wildman–Crippen LogP) is 3.05. The van der Waals surface area contributed by atoms with E-state index < -0.39 is 5.60 Å². The average molecular weight is 362 g/mol. The fourth-order valence-corrected chi connectivity index (χ4v) is 3.54. The lowest BCUT2D eigenvalue weighted by molar-refractivity contribution is -0.0572. The van der Waals surface area contributed by atoms with Crippen molar-refractivity contribution < 1.29 is 4.74 Å². The van der Waals surface area contributed by atoms with E-state index in [-0.39, 0.29) is 12.3 Å². The maximum Gasteiger partial charge on any atom is 0.137 e. The van der Waals surface area contributed by atoms with Gasteiger partial charge >= 0.3 is 0 Å². The first-order valence-corrected chi connectivity index (χ1v) is 8.12. The van der Waals surface area contributed by atoms with Crippen LogP contribution in [0, 0.1) is 0 Å². The summed E-state index contributed by atoms with van der Waals surface area (Å²) in [6, 6.07) is 5.39. The molecule has 3 rings (SSSR count). The van der Waals surface area contributed by atoms with Crippen molar-refractivity contribution in [3.63, 3.8) is 0 Å². The summed E-state index contributed by atoms with van der Waals surface area (Å²) < 4.78 is 7.95. The number of benzene rings is 1. The Morgan fingerprint density at radius 2 is 2.23 bits per heavy atom. The van der Waals surface area contributed by atoms with Crippen molar-refractivity contribution in [2.45, 2.75) is 31.3 Å². The van der Waals surface area contributed by atoms with Crippen LogP contribution in [-0.4, -0.2) is 32.9 Å². The third-order valence-corrected chi connectivity index (χ3v) is 4.71. The summed E-state index contributed by atoms with van der Waals surface area (Å²) in [6.07, 6.45) is 2.88. The molecule has 1 aliphatic heterocycles.